The number of benzene rings is 2. The average molecular weight is 567 g/mol. The maximum absolute atomic E-state index is 13.1. The lowest BCUT2D eigenvalue weighted by Gasteiger charge is -2.11. The number of unbranched alkanes of at least 4 members (excludes halogenated alkanes) is 3. The molecular formula is C30H31ClN2O5S. The fourth-order valence-electron chi connectivity index (χ4n) is 3.79. The van der Waals surface area contributed by atoms with Crippen LogP contribution >= 0.6 is 22.9 Å². The van der Waals surface area contributed by atoms with Crippen molar-refractivity contribution < 1.29 is 23.8 Å². The number of hydrogen-bond donors (Lipinski definition) is 1. The SMILES string of the molecule is CCCCCCOc1ccc(/C=C(\C#N)C(=O)Nc2scc(-c3ccc(Cl)cc3)c2C(=O)OCC)cc1OC. The zero-order valence-corrected chi connectivity index (χ0v) is 23.8. The number of nitrogens with one attached hydrogen (secondary N) is 1. The van der Waals surface area contributed by atoms with Crippen molar-refractivity contribution in [2.75, 3.05) is 25.6 Å². The van der Waals surface area contributed by atoms with E-state index in [0.717, 1.165) is 24.8 Å². The number of nitrogens with zero attached hydrogens (tertiary/aromatic N) is 1. The number of rotatable bonds is 13. The van der Waals surface area contributed by atoms with Crippen LogP contribution < -0.4 is 14.8 Å². The van der Waals surface area contributed by atoms with E-state index in [-0.39, 0.29) is 22.7 Å². The Hall–Kier alpha value is -3.80. The Kier molecular flexibility index (Phi) is 11.4. The molecule has 0 spiro atoms. The molecule has 0 bridgehead atoms. The first-order valence-corrected chi connectivity index (χ1v) is 14.0. The third-order valence-corrected chi connectivity index (χ3v) is 6.92. The quantitative estimate of drug-likeness (QED) is 0.0982. The number of hydrogen-bond acceptors (Lipinski definition) is 7. The topological polar surface area (TPSA) is 97.7 Å². The predicted molar refractivity (Wildman–Crippen MR) is 156 cm³/mol. The highest BCUT2D eigenvalue weighted by Gasteiger charge is 2.24. The smallest absolute Gasteiger partial charge is 0.341 e. The van der Waals surface area contributed by atoms with Crippen LogP contribution in [0.2, 0.25) is 5.02 Å². The van der Waals surface area contributed by atoms with Gasteiger partial charge in [0, 0.05) is 16.0 Å². The number of carbonyl (C=O) groups is 2. The van der Waals surface area contributed by atoms with Gasteiger partial charge in [0.2, 0.25) is 0 Å². The molecule has 9 heteroatoms. The van der Waals surface area contributed by atoms with Crippen molar-refractivity contribution in [1.82, 2.24) is 0 Å². The molecule has 3 aromatic rings. The van der Waals surface area contributed by atoms with Crippen molar-refractivity contribution in [2.24, 2.45) is 0 Å². The summed E-state index contributed by atoms with van der Waals surface area (Å²) >= 11 is 7.18. The summed E-state index contributed by atoms with van der Waals surface area (Å²) in [6, 6.07) is 14.2. The number of halogens is 1. The van der Waals surface area contributed by atoms with Crippen molar-refractivity contribution in [2.45, 2.75) is 39.5 Å². The first-order valence-electron chi connectivity index (χ1n) is 12.7. The summed E-state index contributed by atoms with van der Waals surface area (Å²) in [6.45, 7) is 4.62. The molecule has 0 saturated carbocycles. The molecule has 1 N–H and O–H groups in total. The van der Waals surface area contributed by atoms with Crippen molar-refractivity contribution in [1.29, 1.82) is 5.26 Å². The number of amides is 1. The molecule has 0 atom stereocenters. The molecule has 0 aliphatic rings. The van der Waals surface area contributed by atoms with E-state index in [1.54, 1.807) is 54.8 Å². The standard InChI is InChI=1S/C30H31ClN2O5S/c1-4-6-7-8-15-38-25-14-9-20(17-26(25)36-3)16-22(18-32)28(34)33-29-27(30(35)37-5-2)24(19-39-29)21-10-12-23(31)13-11-21/h9-14,16-17,19H,4-8,15H2,1-3H3,(H,33,34)/b22-16+. The first kappa shape index (κ1) is 29.8. The van der Waals surface area contributed by atoms with Crippen LogP contribution in [-0.2, 0) is 9.53 Å². The molecule has 0 unspecified atom stereocenters. The molecule has 0 saturated heterocycles. The first-order chi connectivity index (χ1) is 18.9. The van der Waals surface area contributed by atoms with Gasteiger partial charge in [-0.2, -0.15) is 5.26 Å². The fourth-order valence-corrected chi connectivity index (χ4v) is 4.87. The van der Waals surface area contributed by atoms with E-state index >= 15 is 0 Å². The van der Waals surface area contributed by atoms with Gasteiger partial charge in [-0.1, -0.05) is 56.0 Å². The summed E-state index contributed by atoms with van der Waals surface area (Å²) in [4.78, 5) is 25.9. The molecule has 7 nitrogen and oxygen atoms in total. The van der Waals surface area contributed by atoms with Crippen LogP contribution in [0.5, 0.6) is 11.5 Å². The van der Waals surface area contributed by atoms with Crippen molar-refractivity contribution >= 4 is 45.9 Å². The molecule has 0 aliphatic carbocycles. The van der Waals surface area contributed by atoms with Crippen molar-refractivity contribution in [3.63, 3.8) is 0 Å². The highest BCUT2D eigenvalue weighted by atomic mass is 35.5. The van der Waals surface area contributed by atoms with Gasteiger partial charge in [0.25, 0.3) is 5.91 Å². The minimum Gasteiger partial charge on any atom is -0.493 e. The second-order valence-electron chi connectivity index (χ2n) is 8.52. The third-order valence-electron chi connectivity index (χ3n) is 5.77. The normalized spacial score (nSPS) is 11.0. The monoisotopic (exact) mass is 566 g/mol. The van der Waals surface area contributed by atoms with Crippen LogP contribution in [0.3, 0.4) is 0 Å². The van der Waals surface area contributed by atoms with Gasteiger partial charge in [0.05, 0.1) is 20.3 Å². The second-order valence-corrected chi connectivity index (χ2v) is 9.84. The Labute approximate surface area is 238 Å². The highest BCUT2D eigenvalue weighted by Crippen LogP contribution is 2.37. The van der Waals surface area contributed by atoms with Crippen LogP contribution in [0.25, 0.3) is 17.2 Å². The summed E-state index contributed by atoms with van der Waals surface area (Å²) in [7, 11) is 1.54. The molecule has 0 radical (unpaired) electrons. The fraction of sp³-hybridized carbons (Fsp3) is 0.300. The molecule has 1 aromatic heterocycles. The number of ether oxygens (including phenoxy) is 3. The van der Waals surface area contributed by atoms with E-state index in [1.807, 2.05) is 6.07 Å². The molecule has 1 heterocycles. The van der Waals surface area contributed by atoms with E-state index in [9.17, 15) is 14.9 Å². The number of anilines is 1. The van der Waals surface area contributed by atoms with Gasteiger partial charge in [0.15, 0.2) is 11.5 Å². The Morgan fingerprint density at radius 1 is 1.08 bits per heavy atom. The summed E-state index contributed by atoms with van der Waals surface area (Å²) in [5, 5.41) is 15.1. The Balaban J connectivity index is 1.83. The molecule has 0 aliphatic heterocycles. The second kappa shape index (κ2) is 15.0. The molecular weight excluding hydrogens is 536 g/mol. The summed E-state index contributed by atoms with van der Waals surface area (Å²) in [5.74, 6) is -0.117. The minimum atomic E-state index is -0.650. The van der Waals surface area contributed by atoms with Gasteiger partial charge in [-0.15, -0.1) is 11.3 Å². The van der Waals surface area contributed by atoms with Gasteiger partial charge in [-0.05, 0) is 54.8 Å². The molecule has 3 rings (SSSR count). The molecule has 0 fully saturated rings. The molecule has 2 aromatic carbocycles. The Morgan fingerprint density at radius 3 is 2.51 bits per heavy atom. The van der Waals surface area contributed by atoms with Gasteiger partial charge >= 0.3 is 5.97 Å². The lowest BCUT2D eigenvalue weighted by atomic mass is 10.0. The van der Waals surface area contributed by atoms with E-state index in [2.05, 4.69) is 12.2 Å². The summed E-state index contributed by atoms with van der Waals surface area (Å²) in [6.07, 6.45) is 5.83. The lowest BCUT2D eigenvalue weighted by molar-refractivity contribution is -0.112. The largest absolute Gasteiger partial charge is 0.493 e. The van der Waals surface area contributed by atoms with E-state index < -0.39 is 11.9 Å². The Bertz CT molecular complexity index is 1360. The van der Waals surface area contributed by atoms with Crippen molar-refractivity contribution in [3.05, 3.63) is 69.6 Å². The van der Waals surface area contributed by atoms with Gasteiger partial charge < -0.3 is 19.5 Å². The van der Waals surface area contributed by atoms with E-state index in [4.69, 9.17) is 25.8 Å². The lowest BCUT2D eigenvalue weighted by Crippen LogP contribution is -2.16. The van der Waals surface area contributed by atoms with Crippen LogP contribution in [0.1, 0.15) is 55.5 Å². The van der Waals surface area contributed by atoms with Gasteiger partial charge in [0.1, 0.15) is 22.2 Å². The minimum absolute atomic E-state index is 0.137. The summed E-state index contributed by atoms with van der Waals surface area (Å²) < 4.78 is 16.6. The Morgan fingerprint density at radius 2 is 1.85 bits per heavy atom. The molecule has 204 valence electrons. The van der Waals surface area contributed by atoms with Crippen LogP contribution in [0, 0.1) is 11.3 Å². The third kappa shape index (κ3) is 8.09. The highest BCUT2D eigenvalue weighted by molar-refractivity contribution is 7.15. The van der Waals surface area contributed by atoms with Crippen molar-refractivity contribution in [3.8, 4) is 28.7 Å². The summed E-state index contributed by atoms with van der Waals surface area (Å²) in [5.41, 5.74) is 2.02. The maximum Gasteiger partial charge on any atom is 0.341 e. The average Bonchev–Trinajstić information content (AvgIpc) is 3.35. The van der Waals surface area contributed by atoms with Gasteiger partial charge in [-0.25, -0.2) is 4.79 Å². The van der Waals surface area contributed by atoms with Gasteiger partial charge in [-0.3, -0.25) is 4.79 Å². The predicted octanol–water partition coefficient (Wildman–Crippen LogP) is 7.76. The number of nitriles is 1. The number of methoxy groups -OCH3 is 1. The van der Waals surface area contributed by atoms with E-state index in [0.29, 0.717) is 34.3 Å². The van der Waals surface area contributed by atoms with E-state index in [1.165, 1.54) is 30.9 Å². The zero-order valence-electron chi connectivity index (χ0n) is 22.2. The number of carbonyl (C=O) groups excluding carboxylic acids is 2. The molecule has 1 amide bonds. The van der Waals surface area contributed by atoms with Crippen LogP contribution in [0.4, 0.5) is 5.00 Å². The zero-order chi connectivity index (χ0) is 28.2. The maximum atomic E-state index is 13.1. The molecule has 39 heavy (non-hydrogen) atoms. The van der Waals surface area contributed by atoms with Crippen LogP contribution in [0.15, 0.2) is 53.4 Å². The number of thiophene rings is 1. The van der Waals surface area contributed by atoms with Crippen LogP contribution in [-0.4, -0.2) is 32.2 Å². The number of esters is 1.